The van der Waals surface area contributed by atoms with Gasteiger partial charge in [-0.3, -0.25) is 0 Å². The maximum atomic E-state index is 12.5. The minimum atomic E-state index is -4.68. The Hall–Kier alpha value is -1.72. The van der Waals surface area contributed by atoms with E-state index in [0.29, 0.717) is 19.1 Å². The van der Waals surface area contributed by atoms with Gasteiger partial charge in [0.2, 0.25) is 0 Å². The van der Waals surface area contributed by atoms with E-state index >= 15 is 0 Å². The van der Waals surface area contributed by atoms with Crippen LogP contribution in [0.2, 0.25) is 0 Å². The third-order valence-corrected chi connectivity index (χ3v) is 2.00. The second kappa shape index (κ2) is 5.07. The standard InChI is InChI=1S/C11H11F3O3/c1-2-5-17-7-3-4-9(11(12,13)14)8(6-7)10(15)16/h3-4,6H,2,5H2,1H3,(H,15,16). The molecule has 0 bridgehead atoms. The lowest BCUT2D eigenvalue weighted by Gasteiger charge is -2.12. The zero-order valence-corrected chi connectivity index (χ0v) is 9.04. The van der Waals surface area contributed by atoms with Gasteiger partial charge in [-0.25, -0.2) is 4.79 Å². The Balaban J connectivity index is 3.13. The molecular formula is C11H11F3O3. The highest BCUT2D eigenvalue weighted by atomic mass is 19.4. The van der Waals surface area contributed by atoms with Gasteiger partial charge in [0.25, 0.3) is 0 Å². The number of hydrogen-bond acceptors (Lipinski definition) is 2. The zero-order valence-electron chi connectivity index (χ0n) is 9.04. The molecule has 94 valence electrons. The topological polar surface area (TPSA) is 46.5 Å². The molecule has 3 nitrogen and oxygen atoms in total. The van der Waals surface area contributed by atoms with Crippen molar-refractivity contribution < 1.29 is 27.8 Å². The number of hydrogen-bond donors (Lipinski definition) is 1. The predicted molar refractivity (Wildman–Crippen MR) is 54.2 cm³/mol. The van der Waals surface area contributed by atoms with Crippen LogP contribution in [-0.4, -0.2) is 17.7 Å². The largest absolute Gasteiger partial charge is 0.494 e. The van der Waals surface area contributed by atoms with Crippen LogP contribution in [0.15, 0.2) is 18.2 Å². The summed E-state index contributed by atoms with van der Waals surface area (Å²) in [5.41, 5.74) is -1.97. The molecule has 1 aromatic rings. The van der Waals surface area contributed by atoms with Gasteiger partial charge in [-0.1, -0.05) is 6.92 Å². The summed E-state index contributed by atoms with van der Waals surface area (Å²) < 4.78 is 42.5. The van der Waals surface area contributed by atoms with Crippen LogP contribution < -0.4 is 4.74 Å². The van der Waals surface area contributed by atoms with Gasteiger partial charge in [0.15, 0.2) is 0 Å². The average molecular weight is 248 g/mol. The van der Waals surface area contributed by atoms with Crippen molar-refractivity contribution in [2.24, 2.45) is 0 Å². The lowest BCUT2D eigenvalue weighted by atomic mass is 10.1. The maximum Gasteiger partial charge on any atom is 0.417 e. The van der Waals surface area contributed by atoms with E-state index in [1.54, 1.807) is 0 Å². The third kappa shape index (κ3) is 3.37. The van der Waals surface area contributed by atoms with Gasteiger partial charge in [0, 0.05) is 0 Å². The van der Waals surface area contributed by atoms with Crippen molar-refractivity contribution in [2.75, 3.05) is 6.61 Å². The molecule has 0 spiro atoms. The van der Waals surface area contributed by atoms with E-state index in [4.69, 9.17) is 9.84 Å². The summed E-state index contributed by atoms with van der Waals surface area (Å²) in [6.45, 7) is 2.16. The normalized spacial score (nSPS) is 11.3. The summed E-state index contributed by atoms with van der Waals surface area (Å²) >= 11 is 0. The van der Waals surface area contributed by atoms with E-state index in [9.17, 15) is 18.0 Å². The molecule has 0 saturated heterocycles. The van der Waals surface area contributed by atoms with E-state index < -0.39 is 23.3 Å². The molecule has 1 N–H and O–H groups in total. The number of carboxylic acid groups (broad SMARTS) is 1. The van der Waals surface area contributed by atoms with Crippen molar-refractivity contribution in [3.63, 3.8) is 0 Å². The molecule has 0 saturated carbocycles. The van der Waals surface area contributed by atoms with E-state index in [-0.39, 0.29) is 5.75 Å². The van der Waals surface area contributed by atoms with Crippen molar-refractivity contribution in [1.82, 2.24) is 0 Å². The van der Waals surface area contributed by atoms with Gasteiger partial charge in [-0.15, -0.1) is 0 Å². The monoisotopic (exact) mass is 248 g/mol. The molecule has 1 rings (SSSR count). The summed E-state index contributed by atoms with van der Waals surface area (Å²) in [5.74, 6) is -1.50. The van der Waals surface area contributed by atoms with E-state index in [0.717, 1.165) is 12.1 Å². The fourth-order valence-corrected chi connectivity index (χ4v) is 1.26. The first-order valence-electron chi connectivity index (χ1n) is 4.93. The van der Waals surface area contributed by atoms with Gasteiger partial charge in [0.1, 0.15) is 5.75 Å². The summed E-state index contributed by atoms with van der Waals surface area (Å²) in [5, 5.41) is 8.72. The first-order valence-corrected chi connectivity index (χ1v) is 4.93. The molecule has 0 radical (unpaired) electrons. The van der Waals surface area contributed by atoms with Gasteiger partial charge >= 0.3 is 12.1 Å². The molecule has 0 atom stereocenters. The molecule has 0 aliphatic rings. The van der Waals surface area contributed by atoms with Crippen molar-refractivity contribution >= 4 is 5.97 Å². The minimum absolute atomic E-state index is 0.122. The number of benzene rings is 1. The van der Waals surface area contributed by atoms with Crippen LogP contribution in [0.1, 0.15) is 29.3 Å². The summed E-state index contributed by atoms with van der Waals surface area (Å²) in [6.07, 6.45) is -4.00. The quantitative estimate of drug-likeness (QED) is 0.890. The second-order valence-electron chi connectivity index (χ2n) is 3.36. The molecule has 0 aliphatic heterocycles. The first kappa shape index (κ1) is 13.3. The van der Waals surface area contributed by atoms with Crippen molar-refractivity contribution in [3.8, 4) is 5.75 Å². The van der Waals surface area contributed by atoms with E-state index in [2.05, 4.69) is 0 Å². The number of carboxylic acids is 1. The molecule has 0 aromatic heterocycles. The third-order valence-electron chi connectivity index (χ3n) is 2.00. The Morgan fingerprint density at radius 1 is 1.41 bits per heavy atom. The van der Waals surface area contributed by atoms with Crippen LogP contribution in [0.4, 0.5) is 13.2 Å². The van der Waals surface area contributed by atoms with Crippen LogP contribution in [-0.2, 0) is 6.18 Å². The molecule has 0 amide bonds. The molecule has 0 heterocycles. The number of ether oxygens (including phenoxy) is 1. The van der Waals surface area contributed by atoms with E-state index in [1.165, 1.54) is 0 Å². The Labute approximate surface area is 95.8 Å². The summed E-state index contributed by atoms with van der Waals surface area (Å²) in [6, 6.07) is 2.72. The highest BCUT2D eigenvalue weighted by molar-refractivity contribution is 5.90. The zero-order chi connectivity index (χ0) is 13.1. The first-order chi connectivity index (χ1) is 7.86. The van der Waals surface area contributed by atoms with Gasteiger partial charge in [-0.2, -0.15) is 13.2 Å². The lowest BCUT2D eigenvalue weighted by molar-refractivity contribution is -0.138. The molecule has 0 fully saturated rings. The Kier molecular flexibility index (Phi) is 3.98. The Morgan fingerprint density at radius 2 is 2.06 bits per heavy atom. The summed E-state index contributed by atoms with van der Waals surface area (Å²) in [4.78, 5) is 10.7. The molecule has 6 heteroatoms. The smallest absolute Gasteiger partial charge is 0.417 e. The number of halogens is 3. The molecule has 1 aromatic carbocycles. The average Bonchev–Trinajstić information content (AvgIpc) is 2.24. The number of rotatable bonds is 4. The van der Waals surface area contributed by atoms with Crippen LogP contribution >= 0.6 is 0 Å². The van der Waals surface area contributed by atoms with Crippen LogP contribution in [0, 0.1) is 0 Å². The fraction of sp³-hybridized carbons (Fsp3) is 0.364. The predicted octanol–water partition coefficient (Wildman–Crippen LogP) is 3.19. The maximum absolute atomic E-state index is 12.5. The molecule has 0 unspecified atom stereocenters. The van der Waals surface area contributed by atoms with Gasteiger partial charge in [-0.05, 0) is 24.6 Å². The van der Waals surface area contributed by atoms with Crippen molar-refractivity contribution in [1.29, 1.82) is 0 Å². The number of carbonyl (C=O) groups is 1. The van der Waals surface area contributed by atoms with Gasteiger partial charge in [0.05, 0.1) is 17.7 Å². The van der Waals surface area contributed by atoms with Crippen LogP contribution in [0.5, 0.6) is 5.75 Å². The molecule has 17 heavy (non-hydrogen) atoms. The van der Waals surface area contributed by atoms with Crippen LogP contribution in [0.25, 0.3) is 0 Å². The summed E-state index contributed by atoms with van der Waals surface area (Å²) in [7, 11) is 0. The lowest BCUT2D eigenvalue weighted by Crippen LogP contribution is -2.13. The number of alkyl halides is 3. The van der Waals surface area contributed by atoms with Crippen molar-refractivity contribution in [2.45, 2.75) is 19.5 Å². The minimum Gasteiger partial charge on any atom is -0.494 e. The molecular weight excluding hydrogens is 237 g/mol. The highest BCUT2D eigenvalue weighted by Crippen LogP contribution is 2.33. The number of aromatic carboxylic acids is 1. The second-order valence-corrected chi connectivity index (χ2v) is 3.36. The SMILES string of the molecule is CCCOc1ccc(C(F)(F)F)c(C(=O)O)c1. The van der Waals surface area contributed by atoms with Crippen molar-refractivity contribution in [3.05, 3.63) is 29.3 Å². The Morgan fingerprint density at radius 3 is 2.53 bits per heavy atom. The fourth-order valence-electron chi connectivity index (χ4n) is 1.26. The Bertz CT molecular complexity index is 413. The highest BCUT2D eigenvalue weighted by Gasteiger charge is 2.35. The van der Waals surface area contributed by atoms with Gasteiger partial charge < -0.3 is 9.84 Å². The van der Waals surface area contributed by atoms with Crippen LogP contribution in [0.3, 0.4) is 0 Å². The molecule has 0 aliphatic carbocycles. The van der Waals surface area contributed by atoms with E-state index in [1.807, 2.05) is 6.92 Å².